The van der Waals surface area contributed by atoms with E-state index in [2.05, 4.69) is 179 Å². The first-order valence-electron chi connectivity index (χ1n) is 21.5. The summed E-state index contributed by atoms with van der Waals surface area (Å²) >= 11 is 0. The highest BCUT2D eigenvalue weighted by atomic mass is 15.0. The fourth-order valence-electron chi connectivity index (χ4n) is 9.42. The Morgan fingerprint density at radius 2 is 0.781 bits per heavy atom. The summed E-state index contributed by atoms with van der Waals surface area (Å²) < 4.78 is 4.72. The lowest BCUT2D eigenvalue weighted by molar-refractivity contribution is 1.14. The minimum Gasteiger partial charge on any atom is -0.309 e. The van der Waals surface area contributed by atoms with E-state index in [0.29, 0.717) is 11.4 Å². The van der Waals surface area contributed by atoms with Crippen LogP contribution in [0.2, 0.25) is 0 Å². The summed E-state index contributed by atoms with van der Waals surface area (Å²) in [5, 5.41) is 15.0. The molecule has 9 aromatic carbocycles. The molecule has 0 spiro atoms. The number of para-hydroxylation sites is 3. The molecular weight excluding hydrogens is 779 g/mol. The topological polar surface area (TPSA) is 59.4 Å². The lowest BCUT2D eigenvalue weighted by atomic mass is 9.96. The first-order valence-corrected chi connectivity index (χ1v) is 21.5. The Balaban J connectivity index is 1.10. The molecule has 298 valence electrons. The molecule has 0 N–H and O–H groups in total. The number of rotatable bonds is 7. The van der Waals surface area contributed by atoms with Crippen molar-refractivity contribution >= 4 is 43.6 Å². The van der Waals surface area contributed by atoms with E-state index in [0.717, 1.165) is 94.5 Å². The summed E-state index contributed by atoms with van der Waals surface area (Å²) in [4.78, 5) is 10.5. The molecule has 0 atom stereocenters. The van der Waals surface area contributed by atoms with Crippen molar-refractivity contribution in [3.05, 3.63) is 230 Å². The molecule has 0 radical (unpaired) electrons. The predicted octanol–water partition coefficient (Wildman–Crippen LogP) is 14.9. The van der Waals surface area contributed by atoms with E-state index in [4.69, 9.17) is 9.97 Å². The maximum absolute atomic E-state index is 10.3. The monoisotopic (exact) mass is 815 g/mol. The van der Waals surface area contributed by atoms with E-state index < -0.39 is 0 Å². The van der Waals surface area contributed by atoms with Crippen LogP contribution in [-0.4, -0.2) is 19.1 Å². The molecule has 12 aromatic rings. The number of benzene rings is 9. The second-order valence-electron chi connectivity index (χ2n) is 16.1. The number of nitrogens with zero attached hydrogens (tertiary/aromatic N) is 5. The van der Waals surface area contributed by atoms with Crippen molar-refractivity contribution in [2.75, 3.05) is 0 Å². The van der Waals surface area contributed by atoms with Gasteiger partial charge >= 0.3 is 0 Å². The van der Waals surface area contributed by atoms with Gasteiger partial charge in [-0.25, -0.2) is 9.97 Å². The summed E-state index contributed by atoms with van der Waals surface area (Å²) in [5.41, 5.74) is 15.9. The van der Waals surface area contributed by atoms with Gasteiger partial charge in [-0.15, -0.1) is 0 Å². The molecule has 3 aromatic heterocycles. The Kier molecular flexibility index (Phi) is 8.81. The minimum atomic E-state index is 0.535. The fraction of sp³-hybridized carbons (Fsp3) is 0. The number of hydrogen-bond acceptors (Lipinski definition) is 3. The van der Waals surface area contributed by atoms with Crippen LogP contribution in [0.4, 0.5) is 0 Å². The van der Waals surface area contributed by atoms with E-state index >= 15 is 0 Å². The molecule has 0 saturated heterocycles. The zero-order chi connectivity index (χ0) is 42.6. The van der Waals surface area contributed by atoms with Crippen LogP contribution < -0.4 is 0 Å². The summed E-state index contributed by atoms with van der Waals surface area (Å²) in [6.45, 7) is 0. The Bertz CT molecular complexity index is 3670. The Hall–Kier alpha value is -8.85. The van der Waals surface area contributed by atoms with Gasteiger partial charge in [0.05, 0.1) is 56.5 Å². The van der Waals surface area contributed by atoms with E-state index in [9.17, 15) is 5.26 Å². The van der Waals surface area contributed by atoms with Crippen molar-refractivity contribution in [1.29, 1.82) is 5.26 Å². The Labute approximate surface area is 370 Å². The summed E-state index contributed by atoms with van der Waals surface area (Å²) in [6.07, 6.45) is 0. The average Bonchev–Trinajstić information content (AvgIpc) is 3.89. The molecular formula is C59H37N5. The standard InChI is InChI=1S/C59H37N5/c60-38-39-28-31-58(50(34-39)59-61-51(41-18-6-2-7-19-41)37-52(62-59)42-20-8-3-9-21-42)64-55-27-15-12-24-47(55)49-36-44(30-33-57(49)64)48-35-43(40-16-4-1-5-17-40)29-32-56(48)63-53-25-13-10-22-45(53)46-23-11-14-26-54(46)63/h1-37H. The van der Waals surface area contributed by atoms with Gasteiger partial charge in [-0.3, -0.25) is 0 Å². The highest BCUT2D eigenvalue weighted by molar-refractivity contribution is 6.12. The van der Waals surface area contributed by atoms with Crippen molar-refractivity contribution in [1.82, 2.24) is 19.1 Å². The van der Waals surface area contributed by atoms with Crippen molar-refractivity contribution < 1.29 is 0 Å². The third kappa shape index (κ3) is 6.16. The third-order valence-electron chi connectivity index (χ3n) is 12.4. The van der Waals surface area contributed by atoms with E-state index in [1.54, 1.807) is 0 Å². The van der Waals surface area contributed by atoms with Gasteiger partial charge in [-0.05, 0) is 83.4 Å². The normalized spacial score (nSPS) is 11.4. The molecule has 0 unspecified atom stereocenters. The Morgan fingerprint density at radius 3 is 1.34 bits per heavy atom. The van der Waals surface area contributed by atoms with Gasteiger partial charge in [0.2, 0.25) is 0 Å². The van der Waals surface area contributed by atoms with Crippen LogP contribution in [0.25, 0.3) is 111 Å². The van der Waals surface area contributed by atoms with Crippen LogP contribution in [0.3, 0.4) is 0 Å². The molecule has 5 nitrogen and oxygen atoms in total. The maximum Gasteiger partial charge on any atom is 0.162 e. The smallest absolute Gasteiger partial charge is 0.162 e. The molecule has 0 saturated carbocycles. The van der Waals surface area contributed by atoms with Gasteiger partial charge in [-0.2, -0.15) is 5.26 Å². The zero-order valence-electron chi connectivity index (χ0n) is 34.6. The molecule has 5 heteroatoms. The number of fused-ring (bicyclic) bond motifs is 6. The van der Waals surface area contributed by atoms with Crippen LogP contribution in [0.5, 0.6) is 0 Å². The second kappa shape index (κ2) is 15.3. The number of aromatic nitrogens is 4. The first kappa shape index (κ1) is 37.0. The lowest BCUT2D eigenvalue weighted by Gasteiger charge is -2.17. The van der Waals surface area contributed by atoms with Gasteiger partial charge in [0, 0.05) is 43.8 Å². The lowest BCUT2D eigenvalue weighted by Crippen LogP contribution is -2.02. The van der Waals surface area contributed by atoms with E-state index in [-0.39, 0.29) is 0 Å². The second-order valence-corrected chi connectivity index (χ2v) is 16.1. The van der Waals surface area contributed by atoms with Crippen molar-refractivity contribution in [3.8, 4) is 73.6 Å². The summed E-state index contributed by atoms with van der Waals surface area (Å²) in [5.74, 6) is 0.545. The predicted molar refractivity (Wildman–Crippen MR) is 263 cm³/mol. The number of hydrogen-bond donors (Lipinski definition) is 0. The molecule has 0 bridgehead atoms. The molecule has 0 aliphatic rings. The largest absolute Gasteiger partial charge is 0.309 e. The SMILES string of the molecule is N#Cc1ccc(-n2c3ccccc3c3cc(-c4cc(-c5ccccc5)ccc4-n4c5ccccc5c5ccccc54)ccc32)c(-c2nc(-c3ccccc3)cc(-c3ccccc3)n2)c1. The van der Waals surface area contributed by atoms with Gasteiger partial charge in [-0.1, -0.05) is 158 Å². The summed E-state index contributed by atoms with van der Waals surface area (Å²) in [7, 11) is 0. The van der Waals surface area contributed by atoms with Gasteiger partial charge in [0.1, 0.15) is 0 Å². The average molecular weight is 816 g/mol. The van der Waals surface area contributed by atoms with Gasteiger partial charge < -0.3 is 9.13 Å². The van der Waals surface area contributed by atoms with Crippen LogP contribution in [0, 0.1) is 11.3 Å². The molecule has 0 aliphatic heterocycles. The highest BCUT2D eigenvalue weighted by Gasteiger charge is 2.22. The van der Waals surface area contributed by atoms with Crippen molar-refractivity contribution in [2.24, 2.45) is 0 Å². The van der Waals surface area contributed by atoms with Crippen LogP contribution >= 0.6 is 0 Å². The molecule has 0 amide bonds. The third-order valence-corrected chi connectivity index (χ3v) is 12.4. The van der Waals surface area contributed by atoms with E-state index in [1.807, 2.05) is 60.7 Å². The molecule has 0 fully saturated rings. The van der Waals surface area contributed by atoms with Crippen molar-refractivity contribution in [3.63, 3.8) is 0 Å². The molecule has 12 rings (SSSR count). The van der Waals surface area contributed by atoms with Crippen molar-refractivity contribution in [2.45, 2.75) is 0 Å². The van der Waals surface area contributed by atoms with Gasteiger partial charge in [0.25, 0.3) is 0 Å². The molecule has 64 heavy (non-hydrogen) atoms. The number of nitriles is 1. The quantitative estimate of drug-likeness (QED) is 0.161. The van der Waals surface area contributed by atoms with E-state index in [1.165, 1.54) is 10.8 Å². The zero-order valence-corrected chi connectivity index (χ0v) is 34.6. The maximum atomic E-state index is 10.3. The van der Waals surface area contributed by atoms with Gasteiger partial charge in [0.15, 0.2) is 5.82 Å². The summed E-state index contributed by atoms with van der Waals surface area (Å²) in [6, 6.07) is 80.9. The molecule has 0 aliphatic carbocycles. The van der Waals surface area contributed by atoms with Crippen LogP contribution in [-0.2, 0) is 0 Å². The fourth-order valence-corrected chi connectivity index (χ4v) is 9.42. The van der Waals surface area contributed by atoms with Crippen LogP contribution in [0.15, 0.2) is 224 Å². The molecule has 3 heterocycles. The minimum absolute atomic E-state index is 0.535. The highest BCUT2D eigenvalue weighted by Crippen LogP contribution is 2.42. The first-order chi connectivity index (χ1) is 31.7. The van der Waals surface area contributed by atoms with Crippen LogP contribution in [0.1, 0.15) is 5.56 Å². The Morgan fingerprint density at radius 1 is 0.328 bits per heavy atom.